The summed E-state index contributed by atoms with van der Waals surface area (Å²) >= 11 is 0. The first-order valence-electron chi connectivity index (χ1n) is 12.7. The number of esters is 1. The molecular weight excluding hydrogens is 498 g/mol. The highest BCUT2D eigenvalue weighted by molar-refractivity contribution is 6.08. The van der Waals surface area contributed by atoms with Gasteiger partial charge in [0.05, 0.1) is 26.0 Å². The van der Waals surface area contributed by atoms with Crippen molar-refractivity contribution in [1.29, 1.82) is 0 Å². The van der Waals surface area contributed by atoms with Crippen molar-refractivity contribution >= 4 is 23.7 Å². The van der Waals surface area contributed by atoms with Gasteiger partial charge in [0, 0.05) is 12.1 Å². The highest BCUT2D eigenvalue weighted by Gasteiger charge is 2.44. The number of nitrogens with zero attached hydrogens (tertiary/aromatic N) is 2. The molecule has 1 aliphatic heterocycles. The third-order valence-corrected chi connectivity index (χ3v) is 7.04. The number of ether oxygens (including phenoxy) is 3. The number of hydrogen-bond donors (Lipinski definition) is 1. The normalized spacial score (nSPS) is 19.3. The number of rotatable bonds is 7. The Morgan fingerprint density at radius 3 is 2.38 bits per heavy atom. The summed E-state index contributed by atoms with van der Waals surface area (Å²) in [6, 6.07) is 17.9. The van der Waals surface area contributed by atoms with Crippen LogP contribution in [0.5, 0.6) is 11.5 Å². The average Bonchev–Trinajstić information content (AvgIpc) is 3.37. The number of allylic oxidation sites excluding steroid dienone is 1. The first-order chi connectivity index (χ1) is 19.0. The van der Waals surface area contributed by atoms with Crippen molar-refractivity contribution < 1.29 is 23.8 Å². The van der Waals surface area contributed by atoms with Crippen LogP contribution in [0.1, 0.15) is 46.8 Å². The van der Waals surface area contributed by atoms with Crippen LogP contribution in [-0.4, -0.2) is 48.4 Å². The van der Waals surface area contributed by atoms with Gasteiger partial charge in [-0.05, 0) is 78.4 Å². The van der Waals surface area contributed by atoms with Crippen molar-refractivity contribution in [2.24, 2.45) is 11.0 Å². The van der Waals surface area contributed by atoms with E-state index in [1.807, 2.05) is 48.5 Å². The maximum Gasteiger partial charge on any atom is 0.344 e. The summed E-state index contributed by atoms with van der Waals surface area (Å²) < 4.78 is 15.8. The molecule has 2 unspecified atom stereocenters. The van der Waals surface area contributed by atoms with Crippen LogP contribution in [0.15, 0.2) is 82.3 Å². The monoisotopic (exact) mass is 527 g/mol. The maximum absolute atomic E-state index is 13.4. The van der Waals surface area contributed by atoms with Gasteiger partial charge in [-0.15, -0.1) is 0 Å². The first kappa shape index (κ1) is 26.0. The third-order valence-electron chi connectivity index (χ3n) is 7.04. The molecule has 2 atom stereocenters. The lowest BCUT2D eigenvalue weighted by Crippen LogP contribution is -2.34. The Bertz CT molecular complexity index is 1470. The molecule has 2 aromatic carbocycles. The molecule has 1 N–H and O–H groups in total. The zero-order chi connectivity index (χ0) is 27.4. The predicted octanol–water partition coefficient (Wildman–Crippen LogP) is 4.37. The number of carbonyl (C=O) groups excluding carboxylic acids is 2. The van der Waals surface area contributed by atoms with Crippen LogP contribution in [0, 0.1) is 5.92 Å². The zero-order valence-corrected chi connectivity index (χ0v) is 21.8. The molecule has 1 aliphatic carbocycles. The van der Waals surface area contributed by atoms with Gasteiger partial charge in [-0.2, -0.15) is 5.10 Å². The SMILES string of the molecule is COc1ccc(C=C2CCCC3C2=NN(C(=O)COC(=O)c2ccc[nH]c2=O)C3c2ccc(OC)cc2)cc1. The van der Waals surface area contributed by atoms with E-state index < -0.39 is 24.0 Å². The molecule has 2 aliphatic rings. The van der Waals surface area contributed by atoms with E-state index in [2.05, 4.69) is 11.1 Å². The van der Waals surface area contributed by atoms with Gasteiger partial charge in [0.2, 0.25) is 0 Å². The van der Waals surface area contributed by atoms with E-state index in [1.54, 1.807) is 14.2 Å². The summed E-state index contributed by atoms with van der Waals surface area (Å²) in [5.74, 6) is 0.132. The Kier molecular flexibility index (Phi) is 7.58. The summed E-state index contributed by atoms with van der Waals surface area (Å²) in [6.45, 7) is -0.541. The minimum atomic E-state index is -0.865. The molecule has 2 heterocycles. The molecule has 39 heavy (non-hydrogen) atoms. The largest absolute Gasteiger partial charge is 0.497 e. The van der Waals surface area contributed by atoms with Crippen LogP contribution in [0.4, 0.5) is 0 Å². The van der Waals surface area contributed by atoms with Crippen molar-refractivity contribution in [2.75, 3.05) is 20.8 Å². The van der Waals surface area contributed by atoms with Crippen LogP contribution >= 0.6 is 0 Å². The number of methoxy groups -OCH3 is 2. The Labute approximate surface area is 225 Å². The van der Waals surface area contributed by atoms with Gasteiger partial charge >= 0.3 is 5.97 Å². The maximum atomic E-state index is 13.4. The molecular formula is C30H29N3O6. The number of hydrazone groups is 1. The van der Waals surface area contributed by atoms with E-state index in [0.29, 0.717) is 5.75 Å². The Hall–Kier alpha value is -4.66. The summed E-state index contributed by atoms with van der Waals surface area (Å²) in [5.41, 5.74) is 3.11. The first-order valence-corrected chi connectivity index (χ1v) is 12.7. The van der Waals surface area contributed by atoms with Gasteiger partial charge in [-0.25, -0.2) is 9.80 Å². The number of aromatic nitrogens is 1. The van der Waals surface area contributed by atoms with Crippen LogP contribution in [0.2, 0.25) is 0 Å². The lowest BCUT2D eigenvalue weighted by atomic mass is 9.77. The van der Waals surface area contributed by atoms with Crippen molar-refractivity contribution in [3.05, 3.63) is 99.5 Å². The summed E-state index contributed by atoms with van der Waals surface area (Å²) in [7, 11) is 3.23. The highest BCUT2D eigenvalue weighted by atomic mass is 16.5. The second-order valence-electron chi connectivity index (χ2n) is 9.37. The van der Waals surface area contributed by atoms with Crippen LogP contribution in [-0.2, 0) is 9.53 Å². The van der Waals surface area contributed by atoms with Crippen molar-refractivity contribution in [1.82, 2.24) is 9.99 Å². The molecule has 9 heteroatoms. The second-order valence-corrected chi connectivity index (χ2v) is 9.37. The molecule has 0 saturated heterocycles. The van der Waals surface area contributed by atoms with Gasteiger partial charge in [0.25, 0.3) is 11.5 Å². The van der Waals surface area contributed by atoms with Crippen LogP contribution in [0.25, 0.3) is 6.08 Å². The molecule has 1 amide bonds. The van der Waals surface area contributed by atoms with Crippen molar-refractivity contribution in [3.63, 3.8) is 0 Å². The standard InChI is InChI=1S/C30H29N3O6/c1-37-22-12-8-19(9-13-22)17-21-5-3-6-24-27(21)32-33(28(24)20-10-14-23(38-2)15-11-20)26(34)18-39-30(36)25-7-4-16-31-29(25)35/h4,7-17,24,28H,3,5-6,18H2,1-2H3,(H,31,35). The number of fused-ring (bicyclic) bond motifs is 1. The number of carbonyl (C=O) groups is 2. The fourth-order valence-corrected chi connectivity index (χ4v) is 5.10. The van der Waals surface area contributed by atoms with E-state index in [4.69, 9.17) is 19.3 Å². The lowest BCUT2D eigenvalue weighted by Gasteiger charge is -2.29. The summed E-state index contributed by atoms with van der Waals surface area (Å²) in [6.07, 6.45) is 6.17. The van der Waals surface area contributed by atoms with E-state index in [-0.39, 0.29) is 17.5 Å². The van der Waals surface area contributed by atoms with Crippen molar-refractivity contribution in [3.8, 4) is 11.5 Å². The molecule has 5 rings (SSSR count). The van der Waals surface area contributed by atoms with Gasteiger partial charge in [-0.3, -0.25) is 9.59 Å². The fourth-order valence-electron chi connectivity index (χ4n) is 5.10. The number of H-pyrrole nitrogens is 1. The summed E-state index contributed by atoms with van der Waals surface area (Å²) in [5, 5.41) is 6.24. The van der Waals surface area contributed by atoms with E-state index in [9.17, 15) is 14.4 Å². The molecule has 0 spiro atoms. The van der Waals surface area contributed by atoms with Gasteiger partial charge in [0.15, 0.2) is 6.61 Å². The number of hydrogen-bond acceptors (Lipinski definition) is 7. The number of amides is 1. The minimum Gasteiger partial charge on any atom is -0.497 e. The fraction of sp³-hybridized carbons (Fsp3) is 0.267. The Balaban J connectivity index is 1.44. The van der Waals surface area contributed by atoms with E-state index in [0.717, 1.165) is 47.4 Å². The predicted molar refractivity (Wildman–Crippen MR) is 146 cm³/mol. The van der Waals surface area contributed by atoms with Crippen LogP contribution < -0.4 is 15.0 Å². The molecule has 0 bridgehead atoms. The highest BCUT2D eigenvalue weighted by Crippen LogP contribution is 2.44. The second kappa shape index (κ2) is 11.4. The van der Waals surface area contributed by atoms with Crippen LogP contribution in [0.3, 0.4) is 0 Å². The summed E-state index contributed by atoms with van der Waals surface area (Å²) in [4.78, 5) is 40.3. The molecule has 1 fully saturated rings. The number of nitrogens with one attached hydrogen (secondary N) is 1. The molecule has 0 radical (unpaired) electrons. The van der Waals surface area contributed by atoms with Gasteiger partial charge < -0.3 is 19.2 Å². The number of benzene rings is 2. The zero-order valence-electron chi connectivity index (χ0n) is 21.8. The Morgan fingerprint density at radius 2 is 1.72 bits per heavy atom. The van der Waals surface area contributed by atoms with E-state index >= 15 is 0 Å². The smallest absolute Gasteiger partial charge is 0.344 e. The molecule has 200 valence electrons. The molecule has 1 aromatic heterocycles. The number of pyridine rings is 1. The Morgan fingerprint density at radius 1 is 1.03 bits per heavy atom. The lowest BCUT2D eigenvalue weighted by molar-refractivity contribution is -0.137. The van der Waals surface area contributed by atoms with Crippen molar-refractivity contribution in [2.45, 2.75) is 25.3 Å². The average molecular weight is 528 g/mol. The van der Waals surface area contributed by atoms with Gasteiger partial charge in [-0.1, -0.05) is 24.3 Å². The quantitative estimate of drug-likeness (QED) is 0.457. The molecule has 3 aromatic rings. The number of aromatic amines is 1. The third kappa shape index (κ3) is 5.47. The van der Waals surface area contributed by atoms with E-state index in [1.165, 1.54) is 23.3 Å². The topological polar surface area (TPSA) is 110 Å². The molecule has 9 nitrogen and oxygen atoms in total. The minimum absolute atomic E-state index is 0.0201. The molecule has 1 saturated carbocycles. The van der Waals surface area contributed by atoms with Gasteiger partial charge in [0.1, 0.15) is 17.1 Å².